The third kappa shape index (κ3) is 3.62. The minimum absolute atomic E-state index is 0.0701. The number of rotatable bonds is 8. The smallest absolute Gasteiger partial charge is 0.277 e. The Bertz CT molecular complexity index is 596. The average molecular weight is 316 g/mol. The lowest BCUT2D eigenvalue weighted by atomic mass is 10.0. The van der Waals surface area contributed by atoms with E-state index in [2.05, 4.69) is 6.92 Å². The van der Waals surface area contributed by atoms with Gasteiger partial charge in [0.15, 0.2) is 0 Å². The molecule has 2 rings (SSSR count). The summed E-state index contributed by atoms with van der Waals surface area (Å²) in [6.07, 6.45) is 2.83. The van der Waals surface area contributed by atoms with E-state index < -0.39 is 0 Å². The molecule has 0 saturated heterocycles. The molecule has 1 N–H and O–H groups in total. The molecule has 1 aliphatic rings. The van der Waals surface area contributed by atoms with E-state index in [4.69, 9.17) is 0 Å². The molecule has 0 unspecified atom stereocenters. The number of imide groups is 1. The molecule has 0 bridgehead atoms. The number of hydrogen-bond donors (Lipinski definition) is 1. The highest BCUT2D eigenvalue weighted by Gasteiger charge is 2.40. The zero-order valence-electron chi connectivity index (χ0n) is 13.8. The largest absolute Gasteiger partial charge is 0.395 e. The van der Waals surface area contributed by atoms with E-state index in [0.29, 0.717) is 24.4 Å². The molecule has 1 heterocycles. The standard InChI is InChI=1S/C18H24N2O3/c1-3-4-8-11-20-17(22)15(14-9-6-5-7-10-14)16(18(20)23)19(2)12-13-21/h5-7,9-10,21H,3-4,8,11-13H2,1-2H3. The SMILES string of the molecule is CCCCCN1C(=O)C(c2ccccc2)=C(N(C)CCO)C1=O. The zero-order chi connectivity index (χ0) is 16.8. The fourth-order valence-corrected chi connectivity index (χ4v) is 2.77. The van der Waals surface area contributed by atoms with Gasteiger partial charge in [-0.25, -0.2) is 0 Å². The maximum Gasteiger partial charge on any atom is 0.277 e. The van der Waals surface area contributed by atoms with Gasteiger partial charge >= 0.3 is 0 Å². The molecule has 1 aliphatic heterocycles. The van der Waals surface area contributed by atoms with Crippen LogP contribution in [0.25, 0.3) is 5.57 Å². The van der Waals surface area contributed by atoms with E-state index in [0.717, 1.165) is 24.8 Å². The quantitative estimate of drug-likeness (QED) is 0.587. The Morgan fingerprint density at radius 1 is 1.09 bits per heavy atom. The van der Waals surface area contributed by atoms with Crippen LogP contribution in [0, 0.1) is 0 Å². The fourth-order valence-electron chi connectivity index (χ4n) is 2.77. The summed E-state index contributed by atoms with van der Waals surface area (Å²) < 4.78 is 0. The number of amides is 2. The zero-order valence-corrected chi connectivity index (χ0v) is 13.8. The van der Waals surface area contributed by atoms with Gasteiger partial charge in [-0.05, 0) is 12.0 Å². The molecule has 0 aromatic heterocycles. The first-order valence-electron chi connectivity index (χ1n) is 8.09. The second kappa shape index (κ2) is 7.92. The Morgan fingerprint density at radius 3 is 2.39 bits per heavy atom. The normalized spacial score (nSPS) is 14.8. The number of aliphatic hydroxyl groups is 1. The third-order valence-electron chi connectivity index (χ3n) is 4.01. The number of nitrogens with zero attached hydrogens (tertiary/aromatic N) is 2. The lowest BCUT2D eigenvalue weighted by Crippen LogP contribution is -2.35. The minimum Gasteiger partial charge on any atom is -0.395 e. The molecule has 0 spiro atoms. The summed E-state index contributed by atoms with van der Waals surface area (Å²) in [5.74, 6) is -0.502. The van der Waals surface area contributed by atoms with Crippen molar-refractivity contribution in [3.8, 4) is 0 Å². The molecule has 0 radical (unpaired) electrons. The van der Waals surface area contributed by atoms with Gasteiger partial charge in [-0.3, -0.25) is 14.5 Å². The van der Waals surface area contributed by atoms with Crippen molar-refractivity contribution < 1.29 is 14.7 Å². The second-order valence-corrected chi connectivity index (χ2v) is 5.70. The van der Waals surface area contributed by atoms with Gasteiger partial charge in [0.05, 0.1) is 12.2 Å². The number of aliphatic hydroxyl groups excluding tert-OH is 1. The minimum atomic E-state index is -0.263. The molecule has 23 heavy (non-hydrogen) atoms. The van der Waals surface area contributed by atoms with Gasteiger partial charge in [0.1, 0.15) is 5.70 Å². The lowest BCUT2D eigenvalue weighted by Gasteiger charge is -2.20. The molecule has 124 valence electrons. The molecule has 0 aliphatic carbocycles. The van der Waals surface area contributed by atoms with Crippen LogP contribution in [0.1, 0.15) is 31.7 Å². The molecule has 0 atom stereocenters. The fraction of sp³-hybridized carbons (Fsp3) is 0.444. The lowest BCUT2D eigenvalue weighted by molar-refractivity contribution is -0.137. The molecule has 5 nitrogen and oxygen atoms in total. The van der Waals surface area contributed by atoms with Crippen molar-refractivity contribution in [3.63, 3.8) is 0 Å². The third-order valence-corrected chi connectivity index (χ3v) is 4.01. The number of benzene rings is 1. The van der Waals surface area contributed by atoms with Crippen molar-refractivity contribution in [3.05, 3.63) is 41.6 Å². The van der Waals surface area contributed by atoms with Gasteiger partial charge in [-0.2, -0.15) is 0 Å². The van der Waals surface area contributed by atoms with Crippen LogP contribution in [0.15, 0.2) is 36.0 Å². The van der Waals surface area contributed by atoms with Gasteiger partial charge in [0, 0.05) is 20.1 Å². The van der Waals surface area contributed by atoms with Crippen LogP contribution in [0.5, 0.6) is 0 Å². The summed E-state index contributed by atoms with van der Waals surface area (Å²) in [7, 11) is 1.73. The first-order chi connectivity index (χ1) is 11.1. The Kier molecular flexibility index (Phi) is 5.93. The molecule has 0 fully saturated rings. The van der Waals surface area contributed by atoms with Gasteiger partial charge in [-0.1, -0.05) is 50.1 Å². The molecule has 1 aromatic rings. The predicted octanol–water partition coefficient (Wildman–Crippen LogP) is 1.88. The first-order valence-corrected chi connectivity index (χ1v) is 8.09. The van der Waals surface area contributed by atoms with Crippen molar-refractivity contribution in [2.45, 2.75) is 26.2 Å². The van der Waals surface area contributed by atoms with Crippen molar-refractivity contribution in [1.82, 2.24) is 9.80 Å². The molecule has 2 amide bonds. The van der Waals surface area contributed by atoms with Gasteiger partial charge < -0.3 is 10.0 Å². The van der Waals surface area contributed by atoms with Crippen molar-refractivity contribution in [1.29, 1.82) is 0 Å². The number of likely N-dealkylation sites (N-methyl/N-ethyl adjacent to an activating group) is 1. The highest BCUT2D eigenvalue weighted by Crippen LogP contribution is 2.31. The average Bonchev–Trinajstić information content (AvgIpc) is 2.80. The van der Waals surface area contributed by atoms with Gasteiger partial charge in [-0.15, -0.1) is 0 Å². The second-order valence-electron chi connectivity index (χ2n) is 5.70. The highest BCUT2D eigenvalue weighted by atomic mass is 16.3. The number of hydrogen-bond acceptors (Lipinski definition) is 4. The van der Waals surface area contributed by atoms with Crippen LogP contribution in [0.4, 0.5) is 0 Å². The molecule has 5 heteroatoms. The summed E-state index contributed by atoms with van der Waals surface area (Å²) >= 11 is 0. The van der Waals surface area contributed by atoms with E-state index >= 15 is 0 Å². The maximum atomic E-state index is 12.8. The van der Waals surface area contributed by atoms with Crippen molar-refractivity contribution in [2.75, 3.05) is 26.7 Å². The topological polar surface area (TPSA) is 60.9 Å². The molecular weight excluding hydrogens is 292 g/mol. The summed E-state index contributed by atoms with van der Waals surface area (Å²) in [6, 6.07) is 9.25. The maximum absolute atomic E-state index is 12.8. The predicted molar refractivity (Wildman–Crippen MR) is 89.3 cm³/mol. The molecule has 0 saturated carbocycles. The number of carbonyl (C=O) groups excluding carboxylic acids is 2. The van der Waals surface area contributed by atoms with E-state index in [1.165, 1.54) is 4.90 Å². The summed E-state index contributed by atoms with van der Waals surface area (Å²) in [6.45, 7) is 2.77. The molecular formula is C18H24N2O3. The summed E-state index contributed by atoms with van der Waals surface area (Å²) in [5, 5.41) is 9.17. The van der Waals surface area contributed by atoms with Gasteiger partial charge in [0.25, 0.3) is 11.8 Å². The van der Waals surface area contributed by atoms with Crippen molar-refractivity contribution in [2.24, 2.45) is 0 Å². The Balaban J connectivity index is 2.37. The number of unbranched alkanes of at least 4 members (excludes halogenated alkanes) is 2. The Labute approximate surface area is 137 Å². The Morgan fingerprint density at radius 2 is 1.78 bits per heavy atom. The summed E-state index contributed by atoms with van der Waals surface area (Å²) in [5.41, 5.74) is 1.55. The summed E-state index contributed by atoms with van der Waals surface area (Å²) in [4.78, 5) is 28.5. The van der Waals surface area contributed by atoms with Crippen LogP contribution in [-0.4, -0.2) is 53.5 Å². The van der Waals surface area contributed by atoms with E-state index in [1.54, 1.807) is 11.9 Å². The van der Waals surface area contributed by atoms with Crippen LogP contribution in [0.3, 0.4) is 0 Å². The number of carbonyl (C=O) groups is 2. The van der Waals surface area contributed by atoms with Crippen LogP contribution in [0.2, 0.25) is 0 Å². The van der Waals surface area contributed by atoms with Crippen LogP contribution < -0.4 is 0 Å². The van der Waals surface area contributed by atoms with Crippen LogP contribution >= 0.6 is 0 Å². The highest BCUT2D eigenvalue weighted by molar-refractivity contribution is 6.35. The Hall–Kier alpha value is -2.14. The monoisotopic (exact) mass is 316 g/mol. The van der Waals surface area contributed by atoms with Gasteiger partial charge in [0.2, 0.25) is 0 Å². The van der Waals surface area contributed by atoms with Crippen LogP contribution in [-0.2, 0) is 9.59 Å². The molecule has 1 aromatic carbocycles. The van der Waals surface area contributed by atoms with E-state index in [9.17, 15) is 14.7 Å². The van der Waals surface area contributed by atoms with E-state index in [-0.39, 0.29) is 18.4 Å². The first kappa shape index (κ1) is 17.2. The van der Waals surface area contributed by atoms with E-state index in [1.807, 2.05) is 30.3 Å². The van der Waals surface area contributed by atoms with Crippen molar-refractivity contribution >= 4 is 17.4 Å².